The zero-order valence-corrected chi connectivity index (χ0v) is 10.5. The lowest BCUT2D eigenvalue weighted by atomic mass is 10.1. The molecule has 3 nitrogen and oxygen atoms in total. The standard InChI is InChI=1S/C13H16F3NO2/c1-2-19-10-5-3-4-9(11(10)18)8-17-12(6-7-12)13(14,15)16/h3-5,17-18H,2,6-8H2,1H3. The van der Waals surface area contributed by atoms with Crippen LogP contribution in [0.15, 0.2) is 18.2 Å². The lowest BCUT2D eigenvalue weighted by molar-refractivity contribution is -0.166. The number of rotatable bonds is 5. The van der Waals surface area contributed by atoms with Crippen LogP contribution < -0.4 is 10.1 Å². The number of nitrogens with one attached hydrogen (secondary N) is 1. The van der Waals surface area contributed by atoms with Gasteiger partial charge in [0, 0.05) is 12.1 Å². The first-order chi connectivity index (χ1) is 8.89. The molecule has 0 unspecified atom stereocenters. The van der Waals surface area contributed by atoms with E-state index >= 15 is 0 Å². The molecule has 1 aliphatic carbocycles. The van der Waals surface area contributed by atoms with Gasteiger partial charge in [-0.05, 0) is 25.8 Å². The highest BCUT2D eigenvalue weighted by atomic mass is 19.4. The largest absolute Gasteiger partial charge is 0.504 e. The minimum Gasteiger partial charge on any atom is -0.504 e. The Morgan fingerprint density at radius 3 is 2.58 bits per heavy atom. The molecular formula is C13H16F3NO2. The molecule has 6 heteroatoms. The van der Waals surface area contributed by atoms with Crippen molar-refractivity contribution in [1.82, 2.24) is 5.32 Å². The molecule has 0 atom stereocenters. The summed E-state index contributed by atoms with van der Waals surface area (Å²) >= 11 is 0. The molecule has 1 saturated carbocycles. The molecule has 2 rings (SSSR count). The normalized spacial score (nSPS) is 17.3. The van der Waals surface area contributed by atoms with Crippen LogP contribution in [0.25, 0.3) is 0 Å². The molecule has 0 bridgehead atoms. The fraction of sp³-hybridized carbons (Fsp3) is 0.538. The first-order valence-electron chi connectivity index (χ1n) is 6.15. The Morgan fingerprint density at radius 1 is 1.37 bits per heavy atom. The Bertz CT molecular complexity index is 456. The van der Waals surface area contributed by atoms with Gasteiger partial charge in [0.05, 0.1) is 6.61 Å². The number of hydrogen-bond acceptors (Lipinski definition) is 3. The van der Waals surface area contributed by atoms with Crippen LogP contribution in [0.5, 0.6) is 11.5 Å². The number of phenolic OH excluding ortho intramolecular Hbond substituents is 1. The maximum Gasteiger partial charge on any atom is 0.406 e. The van der Waals surface area contributed by atoms with Crippen molar-refractivity contribution in [3.63, 3.8) is 0 Å². The molecule has 0 saturated heterocycles. The molecule has 1 aromatic carbocycles. The SMILES string of the molecule is CCOc1cccc(CNC2(C(F)(F)F)CC2)c1O. The molecule has 0 amide bonds. The third-order valence-electron chi connectivity index (χ3n) is 3.29. The Kier molecular flexibility index (Phi) is 3.62. The van der Waals surface area contributed by atoms with E-state index in [0.29, 0.717) is 17.9 Å². The quantitative estimate of drug-likeness (QED) is 0.868. The lowest BCUT2D eigenvalue weighted by Gasteiger charge is -2.21. The number of benzene rings is 1. The Morgan fingerprint density at radius 2 is 2.05 bits per heavy atom. The molecule has 0 heterocycles. The molecule has 1 aromatic rings. The van der Waals surface area contributed by atoms with Crippen LogP contribution in [-0.4, -0.2) is 23.4 Å². The predicted octanol–water partition coefficient (Wildman–Crippen LogP) is 2.98. The van der Waals surface area contributed by atoms with Crippen molar-refractivity contribution in [3.8, 4) is 11.5 Å². The summed E-state index contributed by atoms with van der Waals surface area (Å²) < 4.78 is 43.4. The van der Waals surface area contributed by atoms with E-state index in [9.17, 15) is 18.3 Å². The molecule has 19 heavy (non-hydrogen) atoms. The minimum atomic E-state index is -4.25. The number of hydrogen-bond donors (Lipinski definition) is 2. The van der Waals surface area contributed by atoms with Crippen LogP contribution in [-0.2, 0) is 6.54 Å². The zero-order valence-electron chi connectivity index (χ0n) is 10.5. The van der Waals surface area contributed by atoms with Crippen LogP contribution in [0, 0.1) is 0 Å². The zero-order chi connectivity index (χ0) is 14.1. The predicted molar refractivity (Wildman–Crippen MR) is 64.1 cm³/mol. The van der Waals surface area contributed by atoms with Crippen LogP contribution in [0.2, 0.25) is 0 Å². The molecular weight excluding hydrogens is 259 g/mol. The van der Waals surface area contributed by atoms with Crippen molar-refractivity contribution >= 4 is 0 Å². The van der Waals surface area contributed by atoms with Crippen LogP contribution in [0.4, 0.5) is 13.2 Å². The summed E-state index contributed by atoms with van der Waals surface area (Å²) in [5.74, 6) is 0.188. The average Bonchev–Trinajstić information content (AvgIpc) is 3.11. The molecule has 2 N–H and O–H groups in total. The fourth-order valence-electron chi connectivity index (χ4n) is 1.93. The summed E-state index contributed by atoms with van der Waals surface area (Å²) in [6.45, 7) is 2.12. The molecule has 106 valence electrons. The van der Waals surface area contributed by atoms with Crippen molar-refractivity contribution in [2.45, 2.75) is 38.0 Å². The van der Waals surface area contributed by atoms with E-state index in [0.717, 1.165) is 0 Å². The van der Waals surface area contributed by atoms with E-state index in [1.54, 1.807) is 25.1 Å². The summed E-state index contributed by atoms with van der Waals surface area (Å²) in [6, 6.07) is 4.81. The summed E-state index contributed by atoms with van der Waals surface area (Å²) in [6.07, 6.45) is -4.08. The third-order valence-corrected chi connectivity index (χ3v) is 3.29. The van der Waals surface area contributed by atoms with Gasteiger partial charge in [0.1, 0.15) is 5.54 Å². The van der Waals surface area contributed by atoms with Gasteiger partial charge in [-0.15, -0.1) is 0 Å². The average molecular weight is 275 g/mol. The summed E-state index contributed by atoms with van der Waals surface area (Å²) in [4.78, 5) is 0. The van der Waals surface area contributed by atoms with Gasteiger partial charge in [0.15, 0.2) is 11.5 Å². The van der Waals surface area contributed by atoms with Crippen LogP contribution >= 0.6 is 0 Å². The topological polar surface area (TPSA) is 41.5 Å². The van der Waals surface area contributed by atoms with Gasteiger partial charge in [-0.3, -0.25) is 5.32 Å². The van der Waals surface area contributed by atoms with E-state index in [4.69, 9.17) is 4.74 Å². The summed E-state index contributed by atoms with van der Waals surface area (Å²) in [7, 11) is 0. The molecule has 0 aromatic heterocycles. The van der Waals surface area contributed by atoms with E-state index in [-0.39, 0.29) is 25.1 Å². The smallest absolute Gasteiger partial charge is 0.406 e. The van der Waals surface area contributed by atoms with Gasteiger partial charge >= 0.3 is 6.18 Å². The Hall–Kier alpha value is -1.43. The van der Waals surface area contributed by atoms with Gasteiger partial charge in [-0.25, -0.2) is 0 Å². The maximum atomic E-state index is 12.7. The molecule has 1 fully saturated rings. The van der Waals surface area contributed by atoms with Crippen molar-refractivity contribution < 1.29 is 23.0 Å². The number of halogens is 3. The van der Waals surface area contributed by atoms with Crippen molar-refractivity contribution in [3.05, 3.63) is 23.8 Å². The van der Waals surface area contributed by atoms with Crippen molar-refractivity contribution in [2.75, 3.05) is 6.61 Å². The lowest BCUT2D eigenvalue weighted by Crippen LogP contribution is -2.44. The van der Waals surface area contributed by atoms with Crippen LogP contribution in [0.3, 0.4) is 0 Å². The minimum absolute atomic E-state index is 0.0355. The fourth-order valence-corrected chi connectivity index (χ4v) is 1.93. The van der Waals surface area contributed by atoms with Gasteiger partial charge in [-0.1, -0.05) is 12.1 Å². The number of ether oxygens (including phenoxy) is 1. The number of phenols is 1. The van der Waals surface area contributed by atoms with E-state index in [1.165, 1.54) is 0 Å². The number of para-hydroxylation sites is 1. The third kappa shape index (κ3) is 2.78. The van der Waals surface area contributed by atoms with E-state index < -0.39 is 11.7 Å². The number of aromatic hydroxyl groups is 1. The summed E-state index contributed by atoms with van der Waals surface area (Å²) in [5.41, 5.74) is -1.37. The van der Waals surface area contributed by atoms with Gasteiger partial charge in [-0.2, -0.15) is 13.2 Å². The summed E-state index contributed by atoms with van der Waals surface area (Å²) in [5, 5.41) is 12.4. The first-order valence-corrected chi connectivity index (χ1v) is 6.15. The van der Waals surface area contributed by atoms with E-state index in [2.05, 4.69) is 5.32 Å². The number of alkyl halides is 3. The second-order valence-electron chi connectivity index (χ2n) is 4.63. The highest BCUT2D eigenvalue weighted by Crippen LogP contribution is 2.49. The van der Waals surface area contributed by atoms with Crippen molar-refractivity contribution in [2.24, 2.45) is 0 Å². The monoisotopic (exact) mass is 275 g/mol. The highest BCUT2D eigenvalue weighted by Gasteiger charge is 2.62. The molecule has 0 spiro atoms. The Balaban J connectivity index is 2.06. The molecule has 0 radical (unpaired) electrons. The maximum absolute atomic E-state index is 12.7. The molecule has 0 aliphatic heterocycles. The van der Waals surface area contributed by atoms with Gasteiger partial charge in [0.2, 0.25) is 0 Å². The molecule has 1 aliphatic rings. The first kappa shape index (κ1) is 14.0. The van der Waals surface area contributed by atoms with Gasteiger partial charge < -0.3 is 9.84 Å². The highest BCUT2D eigenvalue weighted by molar-refractivity contribution is 5.45. The second kappa shape index (κ2) is 4.92. The Labute approximate surface area is 109 Å². The van der Waals surface area contributed by atoms with Gasteiger partial charge in [0.25, 0.3) is 0 Å². The van der Waals surface area contributed by atoms with E-state index in [1.807, 2.05) is 0 Å². The van der Waals surface area contributed by atoms with Crippen molar-refractivity contribution in [1.29, 1.82) is 0 Å². The second-order valence-corrected chi connectivity index (χ2v) is 4.63. The van der Waals surface area contributed by atoms with Crippen LogP contribution in [0.1, 0.15) is 25.3 Å².